The van der Waals surface area contributed by atoms with Crippen molar-refractivity contribution in [2.75, 3.05) is 0 Å². The fourth-order valence-electron chi connectivity index (χ4n) is 3.47. The summed E-state index contributed by atoms with van der Waals surface area (Å²) in [5, 5.41) is 9.06. The second kappa shape index (κ2) is 5.52. The molecule has 0 bridgehead atoms. The SMILES string of the molecule is CC1(C)Cc2cccnc2C1CCc1cc(C(=O)O)ccn1. The molecule has 4 heteroatoms. The standard InChI is InChI=1S/C18H20N2O2/c1-18(2)11-13-4-3-8-20-16(13)15(18)6-5-14-10-12(17(21)22)7-9-19-14/h3-4,7-10,15H,5-6,11H2,1-2H3,(H,21,22). The lowest BCUT2D eigenvalue weighted by Crippen LogP contribution is -2.19. The Hall–Kier alpha value is -2.23. The number of carboxylic acids is 1. The predicted octanol–water partition coefficient (Wildman–Crippen LogP) is 3.47. The first-order valence-electron chi connectivity index (χ1n) is 7.59. The molecule has 1 unspecified atom stereocenters. The van der Waals surface area contributed by atoms with Gasteiger partial charge in [0.05, 0.1) is 5.56 Å². The average molecular weight is 296 g/mol. The Morgan fingerprint density at radius 2 is 2.14 bits per heavy atom. The summed E-state index contributed by atoms with van der Waals surface area (Å²) in [6, 6.07) is 7.36. The van der Waals surface area contributed by atoms with Gasteiger partial charge in [-0.1, -0.05) is 19.9 Å². The van der Waals surface area contributed by atoms with Crippen LogP contribution < -0.4 is 0 Å². The van der Waals surface area contributed by atoms with Gasteiger partial charge in [0.2, 0.25) is 0 Å². The maximum absolute atomic E-state index is 11.0. The Morgan fingerprint density at radius 3 is 2.91 bits per heavy atom. The van der Waals surface area contributed by atoms with Crippen molar-refractivity contribution in [2.45, 2.75) is 39.0 Å². The number of nitrogens with zero attached hydrogens (tertiary/aromatic N) is 2. The number of hydrogen-bond acceptors (Lipinski definition) is 3. The van der Waals surface area contributed by atoms with E-state index in [0.29, 0.717) is 11.5 Å². The Balaban J connectivity index is 1.79. The summed E-state index contributed by atoms with van der Waals surface area (Å²) in [6.45, 7) is 4.56. The molecule has 22 heavy (non-hydrogen) atoms. The third-order valence-electron chi connectivity index (χ3n) is 4.60. The van der Waals surface area contributed by atoms with Crippen LogP contribution in [0, 0.1) is 5.41 Å². The van der Waals surface area contributed by atoms with Crippen molar-refractivity contribution in [1.29, 1.82) is 0 Å². The number of fused-ring (bicyclic) bond motifs is 1. The Morgan fingerprint density at radius 1 is 1.32 bits per heavy atom. The molecule has 114 valence electrons. The fourth-order valence-corrected chi connectivity index (χ4v) is 3.47. The number of pyridine rings is 2. The minimum absolute atomic E-state index is 0.182. The van der Waals surface area contributed by atoms with Crippen LogP contribution in [0.3, 0.4) is 0 Å². The van der Waals surface area contributed by atoms with Crippen molar-refractivity contribution in [3.63, 3.8) is 0 Å². The van der Waals surface area contributed by atoms with Crippen LogP contribution in [0.15, 0.2) is 36.7 Å². The van der Waals surface area contributed by atoms with Gasteiger partial charge in [0.15, 0.2) is 0 Å². The predicted molar refractivity (Wildman–Crippen MR) is 84.0 cm³/mol. The zero-order valence-corrected chi connectivity index (χ0v) is 12.9. The lowest BCUT2D eigenvalue weighted by atomic mass is 9.78. The molecular weight excluding hydrogens is 276 g/mol. The number of aryl methyl sites for hydroxylation is 1. The molecule has 0 radical (unpaired) electrons. The highest BCUT2D eigenvalue weighted by atomic mass is 16.4. The van der Waals surface area contributed by atoms with Crippen LogP contribution in [0.5, 0.6) is 0 Å². The second-order valence-electron chi connectivity index (χ2n) is 6.65. The molecule has 0 fully saturated rings. The number of rotatable bonds is 4. The van der Waals surface area contributed by atoms with Gasteiger partial charge in [-0.2, -0.15) is 0 Å². The molecule has 4 nitrogen and oxygen atoms in total. The lowest BCUT2D eigenvalue weighted by Gasteiger charge is -2.26. The molecule has 2 aromatic rings. The molecule has 1 aliphatic rings. The van der Waals surface area contributed by atoms with Crippen molar-refractivity contribution >= 4 is 5.97 Å². The molecule has 3 rings (SSSR count). The molecular formula is C18H20N2O2. The second-order valence-corrected chi connectivity index (χ2v) is 6.65. The quantitative estimate of drug-likeness (QED) is 0.938. The van der Waals surface area contributed by atoms with Gasteiger partial charge >= 0.3 is 5.97 Å². The van der Waals surface area contributed by atoms with Crippen LogP contribution in [-0.2, 0) is 12.8 Å². The summed E-state index contributed by atoms with van der Waals surface area (Å²) < 4.78 is 0. The van der Waals surface area contributed by atoms with E-state index in [9.17, 15) is 4.79 Å². The van der Waals surface area contributed by atoms with Crippen LogP contribution >= 0.6 is 0 Å². The first-order chi connectivity index (χ1) is 10.5. The Kier molecular flexibility index (Phi) is 3.69. The first kappa shape index (κ1) is 14.7. The molecule has 0 spiro atoms. The van der Waals surface area contributed by atoms with Gasteiger partial charge in [0.1, 0.15) is 0 Å². The number of aromatic carboxylic acids is 1. The van der Waals surface area contributed by atoms with Crippen LogP contribution in [0.2, 0.25) is 0 Å². The minimum atomic E-state index is -0.906. The maximum atomic E-state index is 11.0. The van der Waals surface area contributed by atoms with E-state index in [-0.39, 0.29) is 5.41 Å². The topological polar surface area (TPSA) is 63.1 Å². The Labute approximate surface area is 130 Å². The Bertz CT molecular complexity index is 710. The van der Waals surface area contributed by atoms with Gasteiger partial charge in [-0.3, -0.25) is 9.97 Å². The third-order valence-corrected chi connectivity index (χ3v) is 4.60. The van der Waals surface area contributed by atoms with Crippen molar-refractivity contribution in [3.8, 4) is 0 Å². The van der Waals surface area contributed by atoms with Gasteiger partial charge in [-0.25, -0.2) is 4.79 Å². The first-order valence-corrected chi connectivity index (χ1v) is 7.59. The van der Waals surface area contributed by atoms with Gasteiger partial charge in [0.25, 0.3) is 0 Å². The normalized spacial score (nSPS) is 18.9. The highest BCUT2D eigenvalue weighted by Gasteiger charge is 2.39. The van der Waals surface area contributed by atoms with Gasteiger partial charge in [-0.15, -0.1) is 0 Å². The van der Waals surface area contributed by atoms with Crippen molar-refractivity contribution in [2.24, 2.45) is 5.41 Å². The smallest absolute Gasteiger partial charge is 0.335 e. The van der Waals surface area contributed by atoms with Crippen LogP contribution in [0.4, 0.5) is 0 Å². The maximum Gasteiger partial charge on any atom is 0.335 e. The van der Waals surface area contributed by atoms with E-state index < -0.39 is 5.97 Å². The highest BCUT2D eigenvalue weighted by Crippen LogP contribution is 2.47. The van der Waals surface area contributed by atoms with Crippen molar-refractivity contribution < 1.29 is 9.90 Å². The number of carbonyl (C=O) groups is 1. The van der Waals surface area contributed by atoms with Gasteiger partial charge < -0.3 is 5.11 Å². The van der Waals surface area contributed by atoms with E-state index in [1.54, 1.807) is 12.3 Å². The summed E-state index contributed by atoms with van der Waals surface area (Å²) in [5.74, 6) is -0.518. The van der Waals surface area contributed by atoms with Crippen molar-refractivity contribution in [1.82, 2.24) is 9.97 Å². The third kappa shape index (κ3) is 2.73. The van der Waals surface area contributed by atoms with E-state index in [1.807, 2.05) is 12.3 Å². The summed E-state index contributed by atoms with van der Waals surface area (Å²) in [7, 11) is 0. The van der Waals surface area contributed by atoms with E-state index in [4.69, 9.17) is 5.11 Å². The van der Waals surface area contributed by atoms with Gasteiger partial charge in [-0.05, 0) is 48.4 Å². The average Bonchev–Trinajstić information content (AvgIpc) is 2.75. The fraction of sp³-hybridized carbons (Fsp3) is 0.389. The van der Waals surface area contributed by atoms with E-state index in [1.165, 1.54) is 17.3 Å². The highest BCUT2D eigenvalue weighted by molar-refractivity contribution is 5.87. The molecule has 0 saturated carbocycles. The molecule has 0 aliphatic heterocycles. The molecule has 2 heterocycles. The molecule has 1 aliphatic carbocycles. The molecule has 0 saturated heterocycles. The monoisotopic (exact) mass is 296 g/mol. The molecule has 0 amide bonds. The van der Waals surface area contributed by atoms with Gasteiger partial charge in [0, 0.05) is 29.7 Å². The molecule has 2 aromatic heterocycles. The molecule has 0 aromatic carbocycles. The summed E-state index contributed by atoms with van der Waals surface area (Å²) in [6.07, 6.45) is 6.18. The summed E-state index contributed by atoms with van der Waals surface area (Å²) >= 11 is 0. The van der Waals surface area contributed by atoms with E-state index in [0.717, 1.165) is 25.0 Å². The molecule has 1 atom stereocenters. The lowest BCUT2D eigenvalue weighted by molar-refractivity contribution is 0.0696. The number of hydrogen-bond donors (Lipinski definition) is 1. The largest absolute Gasteiger partial charge is 0.478 e. The zero-order valence-electron chi connectivity index (χ0n) is 12.9. The minimum Gasteiger partial charge on any atom is -0.478 e. The van der Waals surface area contributed by atoms with Crippen LogP contribution in [-0.4, -0.2) is 21.0 Å². The molecule has 1 N–H and O–H groups in total. The van der Waals surface area contributed by atoms with Crippen molar-refractivity contribution in [3.05, 3.63) is 59.2 Å². The van der Waals surface area contributed by atoms with E-state index in [2.05, 4.69) is 29.9 Å². The summed E-state index contributed by atoms with van der Waals surface area (Å²) in [4.78, 5) is 19.9. The van der Waals surface area contributed by atoms with Crippen LogP contribution in [0.1, 0.15) is 53.5 Å². The van der Waals surface area contributed by atoms with E-state index >= 15 is 0 Å². The number of aromatic nitrogens is 2. The summed E-state index contributed by atoms with van der Waals surface area (Å²) in [5.41, 5.74) is 3.85. The number of carboxylic acid groups (broad SMARTS) is 1. The van der Waals surface area contributed by atoms with Crippen LogP contribution in [0.25, 0.3) is 0 Å². The zero-order chi connectivity index (χ0) is 15.7.